The maximum atomic E-state index is 12.4. The van der Waals surface area contributed by atoms with Crippen LogP contribution in [-0.2, 0) is 0 Å². The van der Waals surface area contributed by atoms with E-state index in [1.165, 1.54) is 38.5 Å². The molecule has 0 aromatic heterocycles. The highest BCUT2D eigenvalue weighted by Crippen LogP contribution is 2.18. The minimum absolute atomic E-state index is 0.400. The Bertz CT molecular complexity index is 1510. The number of carbonyl (C=O) groups is 2. The van der Waals surface area contributed by atoms with Crippen LogP contribution >= 0.6 is 0 Å². The van der Waals surface area contributed by atoms with E-state index in [1.807, 2.05) is 50.5 Å². The Morgan fingerprint density at radius 2 is 0.780 bits per heavy atom. The van der Waals surface area contributed by atoms with E-state index in [2.05, 4.69) is 9.98 Å². The number of unbranched alkanes of at least 4 members (excludes halogenated alkanes) is 7. The maximum Gasteiger partial charge on any atom is 0.343 e. The topological polar surface area (TPSA) is 95.8 Å². The van der Waals surface area contributed by atoms with Gasteiger partial charge in [-0.1, -0.05) is 38.5 Å². The first-order chi connectivity index (χ1) is 24.5. The molecule has 262 valence electrons. The highest BCUT2D eigenvalue weighted by Gasteiger charge is 2.10. The molecular formula is C42H48N2O6. The van der Waals surface area contributed by atoms with Gasteiger partial charge < -0.3 is 18.9 Å². The Morgan fingerprint density at radius 1 is 0.460 bits per heavy atom. The molecule has 0 aliphatic heterocycles. The fraction of sp³-hybridized carbons (Fsp3) is 0.333. The second-order valence-corrected chi connectivity index (χ2v) is 11.7. The zero-order valence-corrected chi connectivity index (χ0v) is 29.2. The van der Waals surface area contributed by atoms with E-state index in [0.717, 1.165) is 48.6 Å². The molecule has 0 fully saturated rings. The molecule has 0 unspecified atom stereocenters. The molecule has 0 amide bonds. The van der Waals surface area contributed by atoms with Crippen LogP contribution in [-0.4, -0.2) is 50.7 Å². The number of esters is 2. The van der Waals surface area contributed by atoms with Crippen LogP contribution in [0.2, 0.25) is 0 Å². The number of carbonyl (C=O) groups excluding carboxylic acids is 2. The summed E-state index contributed by atoms with van der Waals surface area (Å²) in [5.74, 6) is 1.65. The summed E-state index contributed by atoms with van der Waals surface area (Å²) in [4.78, 5) is 33.9. The number of rotatable bonds is 21. The van der Waals surface area contributed by atoms with Gasteiger partial charge in [0.05, 0.1) is 24.3 Å². The highest BCUT2D eigenvalue weighted by molar-refractivity contribution is 5.92. The third-order valence-electron chi connectivity index (χ3n) is 7.79. The van der Waals surface area contributed by atoms with E-state index in [1.54, 1.807) is 72.8 Å². The van der Waals surface area contributed by atoms with Crippen molar-refractivity contribution in [3.8, 4) is 23.0 Å². The van der Waals surface area contributed by atoms with Crippen LogP contribution in [0.25, 0.3) is 0 Å². The van der Waals surface area contributed by atoms with Crippen LogP contribution in [0.5, 0.6) is 23.0 Å². The van der Waals surface area contributed by atoms with Crippen molar-refractivity contribution in [2.24, 2.45) is 9.98 Å². The lowest BCUT2D eigenvalue weighted by atomic mass is 10.1. The van der Waals surface area contributed by atoms with Crippen molar-refractivity contribution in [1.29, 1.82) is 0 Å². The van der Waals surface area contributed by atoms with Crippen LogP contribution in [0.4, 0.5) is 0 Å². The molecule has 0 atom stereocenters. The maximum absolute atomic E-state index is 12.4. The molecule has 0 bridgehead atoms. The smallest absolute Gasteiger partial charge is 0.343 e. The average Bonchev–Trinajstić information content (AvgIpc) is 3.14. The number of ether oxygens (including phenoxy) is 4. The summed E-state index contributed by atoms with van der Waals surface area (Å²) >= 11 is 0. The third-order valence-corrected chi connectivity index (χ3v) is 7.79. The molecule has 0 aliphatic carbocycles. The molecular weight excluding hydrogens is 628 g/mol. The summed E-state index contributed by atoms with van der Waals surface area (Å²) in [6, 6.07) is 28.6. The zero-order valence-electron chi connectivity index (χ0n) is 29.2. The molecule has 8 nitrogen and oxygen atoms in total. The number of benzene rings is 4. The molecule has 4 rings (SSSR count). The quantitative estimate of drug-likeness (QED) is 0.0378. The van der Waals surface area contributed by atoms with Crippen LogP contribution in [0, 0.1) is 0 Å². The van der Waals surface area contributed by atoms with Crippen LogP contribution in [0.3, 0.4) is 0 Å². The normalized spacial score (nSPS) is 11.2. The van der Waals surface area contributed by atoms with Gasteiger partial charge in [0.15, 0.2) is 0 Å². The van der Waals surface area contributed by atoms with E-state index in [4.69, 9.17) is 18.9 Å². The predicted octanol–water partition coefficient (Wildman–Crippen LogP) is 9.58. The Labute approximate surface area is 296 Å². The molecule has 0 saturated carbocycles. The van der Waals surface area contributed by atoms with Crippen molar-refractivity contribution in [2.45, 2.75) is 65.2 Å². The zero-order chi connectivity index (χ0) is 35.2. The lowest BCUT2D eigenvalue weighted by molar-refractivity contribution is 0.0725. The van der Waals surface area contributed by atoms with Gasteiger partial charge >= 0.3 is 11.9 Å². The second kappa shape index (κ2) is 21.7. The molecule has 8 heteroatoms. The van der Waals surface area contributed by atoms with E-state index in [0.29, 0.717) is 35.8 Å². The minimum atomic E-state index is -0.400. The van der Waals surface area contributed by atoms with Crippen molar-refractivity contribution in [3.05, 3.63) is 119 Å². The highest BCUT2D eigenvalue weighted by atomic mass is 16.5. The van der Waals surface area contributed by atoms with Gasteiger partial charge in [-0.15, -0.1) is 0 Å². The predicted molar refractivity (Wildman–Crippen MR) is 200 cm³/mol. The summed E-state index contributed by atoms with van der Waals surface area (Å²) in [6.07, 6.45) is 13.2. The van der Waals surface area contributed by atoms with Crippen molar-refractivity contribution in [1.82, 2.24) is 0 Å². The first-order valence-corrected chi connectivity index (χ1v) is 17.6. The van der Waals surface area contributed by atoms with Gasteiger partial charge in [-0.3, -0.25) is 9.98 Å². The standard InChI is InChI=1S/C42H48N2O6/c1-3-47-37-25-17-35(18-26-37)41(45)49-39-21-13-33(14-22-39)31-43-29-11-9-7-5-6-8-10-12-30-44-32-34-15-23-40(24-16-34)50-42(46)36-19-27-38(28-20-36)48-4-2/h13-28,31-32H,3-12,29-30H2,1-2H3. The SMILES string of the molecule is CCOc1ccc(C(=O)Oc2ccc(C=NCCCCCCCCCCN=Cc3ccc(OC(=O)c4ccc(OCC)cc4)cc3)cc2)cc1. The van der Waals surface area contributed by atoms with E-state index in [9.17, 15) is 9.59 Å². The Morgan fingerprint density at radius 3 is 1.12 bits per heavy atom. The molecule has 4 aromatic carbocycles. The van der Waals surface area contributed by atoms with Crippen molar-refractivity contribution in [3.63, 3.8) is 0 Å². The molecule has 0 saturated heterocycles. The Hall–Kier alpha value is -5.24. The van der Waals surface area contributed by atoms with Gasteiger partial charge in [-0.05, 0) is 135 Å². The summed E-state index contributed by atoms with van der Waals surface area (Å²) in [5, 5.41) is 0. The number of nitrogens with zero attached hydrogens (tertiary/aromatic N) is 2. The number of aliphatic imine (C=N–C) groups is 2. The van der Waals surface area contributed by atoms with Gasteiger partial charge in [-0.25, -0.2) is 9.59 Å². The van der Waals surface area contributed by atoms with Gasteiger partial charge in [0.25, 0.3) is 0 Å². The summed E-state index contributed by atoms with van der Waals surface area (Å²) in [6.45, 7) is 6.61. The Balaban J connectivity index is 0.985. The van der Waals surface area contributed by atoms with Crippen LogP contribution < -0.4 is 18.9 Å². The lowest BCUT2D eigenvalue weighted by Gasteiger charge is -2.06. The molecule has 0 heterocycles. The van der Waals surface area contributed by atoms with E-state index < -0.39 is 11.9 Å². The van der Waals surface area contributed by atoms with Crippen LogP contribution in [0.15, 0.2) is 107 Å². The first-order valence-electron chi connectivity index (χ1n) is 17.6. The summed E-state index contributed by atoms with van der Waals surface area (Å²) in [7, 11) is 0. The van der Waals surface area contributed by atoms with Gasteiger partial charge in [0.1, 0.15) is 23.0 Å². The second-order valence-electron chi connectivity index (χ2n) is 11.7. The fourth-order valence-corrected chi connectivity index (χ4v) is 5.09. The van der Waals surface area contributed by atoms with Gasteiger partial charge in [0, 0.05) is 25.5 Å². The number of hydrogen-bond donors (Lipinski definition) is 0. The largest absolute Gasteiger partial charge is 0.494 e. The lowest BCUT2D eigenvalue weighted by Crippen LogP contribution is -2.08. The first kappa shape index (κ1) is 37.6. The summed E-state index contributed by atoms with van der Waals surface area (Å²) in [5.41, 5.74) is 2.91. The molecule has 0 aliphatic rings. The van der Waals surface area contributed by atoms with Crippen molar-refractivity contribution < 1.29 is 28.5 Å². The molecule has 0 spiro atoms. The van der Waals surface area contributed by atoms with Crippen molar-refractivity contribution in [2.75, 3.05) is 26.3 Å². The van der Waals surface area contributed by atoms with Gasteiger partial charge in [0.2, 0.25) is 0 Å². The van der Waals surface area contributed by atoms with E-state index >= 15 is 0 Å². The fourth-order valence-electron chi connectivity index (χ4n) is 5.09. The van der Waals surface area contributed by atoms with Gasteiger partial charge in [-0.2, -0.15) is 0 Å². The molecule has 0 radical (unpaired) electrons. The average molecular weight is 677 g/mol. The molecule has 0 N–H and O–H groups in total. The van der Waals surface area contributed by atoms with Crippen molar-refractivity contribution >= 4 is 24.4 Å². The monoisotopic (exact) mass is 676 g/mol. The van der Waals surface area contributed by atoms with E-state index in [-0.39, 0.29) is 0 Å². The third kappa shape index (κ3) is 13.7. The Kier molecular flexibility index (Phi) is 16.3. The van der Waals surface area contributed by atoms with Crippen LogP contribution in [0.1, 0.15) is 97.1 Å². The number of hydrogen-bond acceptors (Lipinski definition) is 8. The molecule has 4 aromatic rings. The minimum Gasteiger partial charge on any atom is -0.494 e. The molecule has 50 heavy (non-hydrogen) atoms. The summed E-state index contributed by atoms with van der Waals surface area (Å²) < 4.78 is 21.8.